The third-order valence-corrected chi connectivity index (χ3v) is 2.98. The second-order valence-electron chi connectivity index (χ2n) is 4.55. The molecule has 0 atom stereocenters. The first kappa shape index (κ1) is 16.1. The van der Waals surface area contributed by atoms with E-state index in [2.05, 4.69) is 20.6 Å². The molecule has 0 spiro atoms. The largest absolute Gasteiger partial charge is 0.479 e. The molecule has 0 saturated heterocycles. The van der Waals surface area contributed by atoms with Crippen LogP contribution in [0.2, 0.25) is 0 Å². The normalized spacial score (nSPS) is 10.0. The van der Waals surface area contributed by atoms with E-state index < -0.39 is 16.6 Å². The Bertz CT molecular complexity index is 766. The number of carbonyl (C=O) groups is 1. The van der Waals surface area contributed by atoms with Gasteiger partial charge in [-0.15, -0.1) is 0 Å². The van der Waals surface area contributed by atoms with E-state index in [-0.39, 0.29) is 22.8 Å². The molecule has 2 N–H and O–H groups in total. The molecule has 1 aromatic heterocycles. The first-order valence-corrected chi connectivity index (χ1v) is 6.43. The third kappa shape index (κ3) is 3.70. The van der Waals surface area contributed by atoms with Crippen molar-refractivity contribution in [1.29, 1.82) is 0 Å². The third-order valence-electron chi connectivity index (χ3n) is 2.98. The number of aryl methyl sites for hydroxylation is 1. The predicted molar refractivity (Wildman–Crippen MR) is 79.7 cm³/mol. The van der Waals surface area contributed by atoms with Gasteiger partial charge in [0.1, 0.15) is 0 Å². The van der Waals surface area contributed by atoms with Crippen molar-refractivity contribution in [3.05, 3.63) is 57.5 Å². The van der Waals surface area contributed by atoms with Gasteiger partial charge in [0.05, 0.1) is 23.9 Å². The predicted octanol–water partition coefficient (Wildman–Crippen LogP) is 2.20. The lowest BCUT2D eigenvalue weighted by molar-refractivity contribution is -0.385. The fourth-order valence-corrected chi connectivity index (χ4v) is 1.85. The molecule has 1 aromatic carbocycles. The number of anilines is 1. The average molecular weight is 320 g/mol. The number of halogens is 1. The lowest BCUT2D eigenvalue weighted by atomic mass is 10.1. The van der Waals surface area contributed by atoms with Crippen LogP contribution in [-0.4, -0.2) is 22.9 Å². The van der Waals surface area contributed by atoms with E-state index in [9.17, 15) is 19.3 Å². The van der Waals surface area contributed by atoms with E-state index in [1.807, 2.05) is 0 Å². The highest BCUT2D eigenvalue weighted by molar-refractivity contribution is 5.95. The molecule has 2 aromatic rings. The monoisotopic (exact) mass is 320 g/mol. The number of hydrogen-bond acceptors (Lipinski definition) is 6. The second kappa shape index (κ2) is 6.69. The minimum absolute atomic E-state index is 0.0732. The molecule has 9 heteroatoms. The van der Waals surface area contributed by atoms with Gasteiger partial charge in [0.25, 0.3) is 11.6 Å². The Labute approximate surface area is 130 Å². The van der Waals surface area contributed by atoms with E-state index in [1.165, 1.54) is 38.4 Å². The summed E-state index contributed by atoms with van der Waals surface area (Å²) in [5.41, 5.74) is 5.58. The molecule has 2 rings (SSSR count). The molecule has 0 fully saturated rings. The van der Waals surface area contributed by atoms with Gasteiger partial charge in [-0.05, 0) is 19.1 Å². The number of pyridine rings is 1. The summed E-state index contributed by atoms with van der Waals surface area (Å²) in [6.45, 7) is 1.53. The van der Waals surface area contributed by atoms with E-state index in [1.54, 1.807) is 0 Å². The summed E-state index contributed by atoms with van der Waals surface area (Å²) in [6.07, 6.45) is 1.28. The highest BCUT2D eigenvalue weighted by Gasteiger charge is 2.14. The number of nitro groups is 1. The van der Waals surface area contributed by atoms with Gasteiger partial charge in [-0.1, -0.05) is 0 Å². The Hall–Kier alpha value is -3.23. The summed E-state index contributed by atoms with van der Waals surface area (Å²) >= 11 is 0. The van der Waals surface area contributed by atoms with Crippen LogP contribution >= 0.6 is 0 Å². The number of nitrogens with one attached hydrogen (secondary N) is 2. The van der Waals surface area contributed by atoms with Crippen molar-refractivity contribution in [3.8, 4) is 5.88 Å². The fourth-order valence-electron chi connectivity index (χ4n) is 1.85. The molecule has 8 nitrogen and oxygen atoms in total. The Morgan fingerprint density at radius 1 is 1.39 bits per heavy atom. The van der Waals surface area contributed by atoms with Crippen LogP contribution in [0.25, 0.3) is 0 Å². The smallest absolute Gasteiger partial charge is 0.272 e. The van der Waals surface area contributed by atoms with Gasteiger partial charge in [-0.3, -0.25) is 25.8 Å². The van der Waals surface area contributed by atoms with Crippen LogP contribution in [0.1, 0.15) is 15.9 Å². The van der Waals surface area contributed by atoms with Crippen LogP contribution in [-0.2, 0) is 0 Å². The van der Waals surface area contributed by atoms with Crippen LogP contribution < -0.4 is 15.6 Å². The number of amides is 1. The Morgan fingerprint density at radius 2 is 2.13 bits per heavy atom. The van der Waals surface area contributed by atoms with Gasteiger partial charge >= 0.3 is 0 Å². The van der Waals surface area contributed by atoms with Crippen molar-refractivity contribution < 1.29 is 18.8 Å². The molecule has 120 valence electrons. The molecular formula is C14H13FN4O4. The van der Waals surface area contributed by atoms with Gasteiger partial charge in [-0.25, -0.2) is 9.37 Å². The van der Waals surface area contributed by atoms with Crippen LogP contribution in [0.3, 0.4) is 0 Å². The summed E-state index contributed by atoms with van der Waals surface area (Å²) < 4.78 is 18.1. The molecule has 1 amide bonds. The Morgan fingerprint density at radius 3 is 2.70 bits per heavy atom. The zero-order chi connectivity index (χ0) is 17.0. The first-order chi connectivity index (χ1) is 10.9. The van der Waals surface area contributed by atoms with Crippen LogP contribution in [0.15, 0.2) is 30.5 Å². The van der Waals surface area contributed by atoms with Crippen molar-refractivity contribution in [3.63, 3.8) is 0 Å². The maximum atomic E-state index is 13.5. The number of hydrazine groups is 1. The minimum Gasteiger partial charge on any atom is -0.479 e. The highest BCUT2D eigenvalue weighted by atomic mass is 19.1. The molecule has 1 heterocycles. The second-order valence-corrected chi connectivity index (χ2v) is 4.55. The summed E-state index contributed by atoms with van der Waals surface area (Å²) in [6, 6.07) is 5.07. The molecule has 0 unspecified atom stereocenters. The Kier molecular flexibility index (Phi) is 4.69. The number of hydrogen-bond donors (Lipinski definition) is 2. The minimum atomic E-state index is -0.682. The van der Waals surface area contributed by atoms with Gasteiger partial charge in [0.2, 0.25) is 5.88 Å². The maximum Gasteiger partial charge on any atom is 0.272 e. The average Bonchev–Trinajstić information content (AvgIpc) is 2.52. The maximum absolute atomic E-state index is 13.5. The van der Waals surface area contributed by atoms with Crippen molar-refractivity contribution in [2.75, 3.05) is 12.5 Å². The van der Waals surface area contributed by atoms with E-state index in [4.69, 9.17) is 0 Å². The number of rotatable bonds is 5. The van der Waals surface area contributed by atoms with Gasteiger partial charge < -0.3 is 4.74 Å². The van der Waals surface area contributed by atoms with E-state index >= 15 is 0 Å². The zero-order valence-electron chi connectivity index (χ0n) is 12.3. The Balaban J connectivity index is 2.06. The highest BCUT2D eigenvalue weighted by Crippen LogP contribution is 2.19. The SMILES string of the molecule is COc1ncc(NNC(=O)c2ccc([N+](=O)[O-])c(C)c2)cc1F. The lowest BCUT2D eigenvalue weighted by Crippen LogP contribution is -2.29. The molecule has 23 heavy (non-hydrogen) atoms. The molecular weight excluding hydrogens is 307 g/mol. The number of nitrogens with zero attached hydrogens (tertiary/aromatic N) is 2. The number of ether oxygens (including phenoxy) is 1. The molecule has 0 aliphatic heterocycles. The molecule has 0 aliphatic carbocycles. The van der Waals surface area contributed by atoms with Gasteiger partial charge in [-0.2, -0.15) is 0 Å². The lowest BCUT2D eigenvalue weighted by Gasteiger charge is -2.09. The topological polar surface area (TPSA) is 106 Å². The number of methoxy groups -OCH3 is 1. The number of aromatic nitrogens is 1. The van der Waals surface area contributed by atoms with Crippen molar-refractivity contribution in [2.24, 2.45) is 0 Å². The summed E-state index contributed by atoms with van der Waals surface area (Å²) in [5.74, 6) is -1.37. The number of benzene rings is 1. The van der Waals surface area contributed by atoms with Crippen molar-refractivity contribution in [1.82, 2.24) is 10.4 Å². The van der Waals surface area contributed by atoms with Crippen LogP contribution in [0.5, 0.6) is 5.88 Å². The van der Waals surface area contributed by atoms with E-state index in [0.29, 0.717) is 5.56 Å². The van der Waals surface area contributed by atoms with Crippen molar-refractivity contribution in [2.45, 2.75) is 6.92 Å². The van der Waals surface area contributed by atoms with Crippen LogP contribution in [0.4, 0.5) is 15.8 Å². The van der Waals surface area contributed by atoms with Crippen LogP contribution in [0, 0.1) is 22.9 Å². The standard InChI is InChI=1S/C14H13FN4O4/c1-8-5-9(3-4-12(8)19(21)22)13(20)18-17-10-6-11(15)14(23-2)16-7-10/h3-7,17H,1-2H3,(H,18,20). The number of carbonyl (C=O) groups excluding carboxylic acids is 1. The first-order valence-electron chi connectivity index (χ1n) is 6.43. The zero-order valence-corrected chi connectivity index (χ0v) is 12.3. The molecule has 0 saturated carbocycles. The summed E-state index contributed by atoms with van der Waals surface area (Å²) in [5, 5.41) is 10.7. The van der Waals surface area contributed by atoms with Gasteiger partial charge in [0, 0.05) is 23.3 Å². The molecule has 0 aliphatic rings. The number of nitro benzene ring substituents is 1. The van der Waals surface area contributed by atoms with Gasteiger partial charge in [0.15, 0.2) is 5.82 Å². The molecule has 0 bridgehead atoms. The fraction of sp³-hybridized carbons (Fsp3) is 0.143. The van der Waals surface area contributed by atoms with Crippen molar-refractivity contribution >= 4 is 17.3 Å². The summed E-state index contributed by atoms with van der Waals surface area (Å²) in [4.78, 5) is 25.9. The van der Waals surface area contributed by atoms with E-state index in [0.717, 1.165) is 6.07 Å². The molecule has 0 radical (unpaired) electrons. The quantitative estimate of drug-likeness (QED) is 0.646. The summed E-state index contributed by atoms with van der Waals surface area (Å²) in [7, 11) is 1.29.